The van der Waals surface area contributed by atoms with Crippen LogP contribution in [-0.2, 0) is 22.4 Å². The van der Waals surface area contributed by atoms with Gasteiger partial charge in [-0.1, -0.05) is 30.7 Å². The van der Waals surface area contributed by atoms with E-state index in [0.29, 0.717) is 6.54 Å². The molecule has 2 aliphatic heterocycles. The summed E-state index contributed by atoms with van der Waals surface area (Å²) in [5.74, 6) is 0.140. The second-order valence-corrected chi connectivity index (χ2v) is 9.35. The van der Waals surface area contributed by atoms with E-state index in [9.17, 15) is 14.7 Å². The molecule has 0 aliphatic carbocycles. The molecular formula is C27H30N4O3. The quantitative estimate of drug-likeness (QED) is 0.365. The number of nitrogens with zero attached hydrogens (tertiary/aromatic N) is 3. The van der Waals surface area contributed by atoms with E-state index in [1.807, 2.05) is 30.3 Å². The highest BCUT2D eigenvalue weighted by Crippen LogP contribution is 2.35. The van der Waals surface area contributed by atoms with Gasteiger partial charge in [-0.2, -0.15) is 0 Å². The number of hydrogen-bond acceptors (Lipinski definition) is 5. The first-order valence-electron chi connectivity index (χ1n) is 12.2. The molecule has 5 rings (SSSR count). The summed E-state index contributed by atoms with van der Waals surface area (Å²) in [5, 5.41) is 13.8. The number of benzene rings is 1. The van der Waals surface area contributed by atoms with E-state index in [2.05, 4.69) is 22.4 Å². The maximum absolute atomic E-state index is 12.9. The Morgan fingerprint density at radius 2 is 2.09 bits per heavy atom. The number of aliphatic carboxylic acids is 1. The van der Waals surface area contributed by atoms with E-state index in [0.717, 1.165) is 73.0 Å². The van der Waals surface area contributed by atoms with E-state index in [4.69, 9.17) is 4.98 Å². The molecule has 3 aromatic rings. The number of aromatic nitrogens is 2. The van der Waals surface area contributed by atoms with Crippen molar-refractivity contribution in [3.8, 4) is 0 Å². The van der Waals surface area contributed by atoms with E-state index < -0.39 is 12.0 Å². The number of hydrogen-bond donors (Lipinski definition) is 2. The Hall–Kier alpha value is -3.48. The van der Waals surface area contributed by atoms with Crippen molar-refractivity contribution < 1.29 is 14.7 Å². The number of fused-ring (bicyclic) bond motifs is 2. The lowest BCUT2D eigenvalue weighted by Gasteiger charge is -2.43. The van der Waals surface area contributed by atoms with Crippen LogP contribution in [0.15, 0.2) is 48.7 Å². The molecule has 2 N–H and O–H groups in total. The highest BCUT2D eigenvalue weighted by Gasteiger charge is 2.41. The zero-order valence-electron chi connectivity index (χ0n) is 19.2. The standard InChI is InChI=1S/C27H30N4O3/c32-25(33)15-24(21-14-19-6-2-4-10-23(19)29-16-21)31-17-20(27(31)34)7-1-3-9-22-12-11-18-8-5-13-28-26(18)30-22/h2,4,6,10-12,14,16,20,24H,1,3,5,7-9,13,15,17H2,(H,28,30)(H,32,33)/t20?,24-/m0/s1. The van der Waals surface area contributed by atoms with E-state index in [-0.39, 0.29) is 18.2 Å². The van der Waals surface area contributed by atoms with Gasteiger partial charge in [0.25, 0.3) is 0 Å². The molecule has 2 atom stereocenters. The zero-order valence-corrected chi connectivity index (χ0v) is 19.2. The minimum Gasteiger partial charge on any atom is -0.481 e. The predicted molar refractivity (Wildman–Crippen MR) is 131 cm³/mol. The predicted octanol–water partition coefficient (Wildman–Crippen LogP) is 4.38. The van der Waals surface area contributed by atoms with Gasteiger partial charge >= 0.3 is 5.97 Å². The van der Waals surface area contributed by atoms with Crippen LogP contribution in [0.1, 0.15) is 55.0 Å². The van der Waals surface area contributed by atoms with Crippen LogP contribution in [0.5, 0.6) is 0 Å². The molecule has 4 heterocycles. The highest BCUT2D eigenvalue weighted by molar-refractivity contribution is 5.86. The van der Waals surface area contributed by atoms with Crippen molar-refractivity contribution in [2.45, 2.75) is 51.0 Å². The number of aryl methyl sites for hydroxylation is 2. The number of unbranched alkanes of at least 4 members (excludes halogenated alkanes) is 1. The summed E-state index contributed by atoms with van der Waals surface area (Å²) < 4.78 is 0. The average Bonchev–Trinajstić information content (AvgIpc) is 2.86. The first-order valence-corrected chi connectivity index (χ1v) is 12.2. The smallest absolute Gasteiger partial charge is 0.305 e. The summed E-state index contributed by atoms with van der Waals surface area (Å²) >= 11 is 0. The second kappa shape index (κ2) is 9.79. The Labute approximate surface area is 199 Å². The molecule has 1 saturated heterocycles. The Bertz CT molecular complexity index is 1210. The Morgan fingerprint density at radius 1 is 1.21 bits per heavy atom. The third-order valence-electron chi connectivity index (χ3n) is 6.98. The van der Waals surface area contributed by atoms with Crippen LogP contribution in [0.25, 0.3) is 10.9 Å². The topological polar surface area (TPSA) is 95.4 Å². The third kappa shape index (κ3) is 4.74. The van der Waals surface area contributed by atoms with E-state index in [1.165, 1.54) is 5.56 Å². The first kappa shape index (κ1) is 22.3. The van der Waals surface area contributed by atoms with Gasteiger partial charge in [0, 0.05) is 30.4 Å². The molecule has 2 aromatic heterocycles. The van der Waals surface area contributed by atoms with Gasteiger partial charge in [0.1, 0.15) is 5.82 Å². The van der Waals surface area contributed by atoms with E-state index in [1.54, 1.807) is 11.1 Å². The van der Waals surface area contributed by atoms with Crippen LogP contribution in [0.2, 0.25) is 0 Å². The van der Waals surface area contributed by atoms with Crippen LogP contribution in [0.4, 0.5) is 5.82 Å². The molecule has 0 spiro atoms. The van der Waals surface area contributed by atoms with Crippen molar-refractivity contribution >= 4 is 28.6 Å². The molecule has 1 aromatic carbocycles. The van der Waals surface area contributed by atoms with Crippen LogP contribution < -0.4 is 5.32 Å². The molecule has 176 valence electrons. The molecule has 7 heteroatoms. The summed E-state index contributed by atoms with van der Waals surface area (Å²) in [5.41, 5.74) is 4.03. The van der Waals surface area contributed by atoms with Crippen molar-refractivity contribution in [2.75, 3.05) is 18.4 Å². The number of carboxylic acid groups (broad SMARTS) is 1. The second-order valence-electron chi connectivity index (χ2n) is 9.35. The number of pyridine rings is 2. The van der Waals surface area contributed by atoms with Crippen LogP contribution in [0.3, 0.4) is 0 Å². The lowest BCUT2D eigenvalue weighted by molar-refractivity contribution is -0.154. The number of rotatable bonds is 9. The van der Waals surface area contributed by atoms with Crippen molar-refractivity contribution in [1.29, 1.82) is 0 Å². The lowest BCUT2D eigenvalue weighted by atomic mass is 9.88. The van der Waals surface area contributed by atoms with Gasteiger partial charge in [-0.15, -0.1) is 0 Å². The van der Waals surface area contributed by atoms with Crippen molar-refractivity contribution in [3.63, 3.8) is 0 Å². The summed E-state index contributed by atoms with van der Waals surface area (Å²) in [4.78, 5) is 35.4. The Balaban J connectivity index is 1.16. The summed E-state index contributed by atoms with van der Waals surface area (Å²) in [7, 11) is 0. The summed E-state index contributed by atoms with van der Waals surface area (Å²) in [6.45, 7) is 1.59. The number of anilines is 1. The molecular weight excluding hydrogens is 428 g/mol. The molecule has 0 bridgehead atoms. The van der Waals surface area contributed by atoms with Gasteiger partial charge in [0.15, 0.2) is 0 Å². The summed E-state index contributed by atoms with van der Waals surface area (Å²) in [6, 6.07) is 13.5. The van der Waals surface area contributed by atoms with E-state index >= 15 is 0 Å². The highest BCUT2D eigenvalue weighted by atomic mass is 16.4. The van der Waals surface area contributed by atoms with Crippen molar-refractivity contribution in [1.82, 2.24) is 14.9 Å². The molecule has 0 radical (unpaired) electrons. The minimum atomic E-state index is -0.915. The third-order valence-corrected chi connectivity index (χ3v) is 6.98. The van der Waals surface area contributed by atoms with Crippen molar-refractivity contribution in [3.05, 3.63) is 65.5 Å². The zero-order chi connectivity index (χ0) is 23.5. The van der Waals surface area contributed by atoms with Gasteiger partial charge in [0.05, 0.1) is 23.9 Å². The number of likely N-dealkylation sites (tertiary alicyclic amines) is 1. The number of β-lactam (4-membered cyclic amide) rings is 1. The van der Waals surface area contributed by atoms with Crippen molar-refractivity contribution in [2.24, 2.45) is 5.92 Å². The van der Waals surface area contributed by atoms with Gasteiger partial charge in [0.2, 0.25) is 5.91 Å². The number of carboxylic acids is 1. The van der Waals surface area contributed by atoms with Gasteiger partial charge in [-0.05, 0) is 61.4 Å². The SMILES string of the molecule is O=C(O)C[C@@H](c1cnc2ccccc2c1)N1CC(CCCCc2ccc3c(n2)NCCC3)C1=O. The Morgan fingerprint density at radius 3 is 2.94 bits per heavy atom. The number of nitrogens with one attached hydrogen (secondary N) is 1. The Kier molecular flexibility index (Phi) is 6.43. The number of para-hydroxylation sites is 1. The summed E-state index contributed by atoms with van der Waals surface area (Å²) in [6.07, 6.45) is 7.52. The van der Waals surface area contributed by atoms with Gasteiger partial charge < -0.3 is 15.3 Å². The molecule has 2 aliphatic rings. The maximum atomic E-state index is 12.9. The molecule has 1 unspecified atom stereocenters. The monoisotopic (exact) mass is 458 g/mol. The maximum Gasteiger partial charge on any atom is 0.305 e. The molecule has 34 heavy (non-hydrogen) atoms. The average molecular weight is 459 g/mol. The molecule has 1 fully saturated rings. The fourth-order valence-electron chi connectivity index (χ4n) is 5.07. The largest absolute Gasteiger partial charge is 0.481 e. The fraction of sp³-hybridized carbons (Fsp3) is 0.407. The number of carbonyl (C=O) groups excluding carboxylic acids is 1. The molecule has 1 amide bonds. The van der Waals surface area contributed by atoms with Crippen LogP contribution >= 0.6 is 0 Å². The normalized spacial score (nSPS) is 18.2. The van der Waals surface area contributed by atoms with Crippen LogP contribution in [0, 0.1) is 5.92 Å². The molecule has 7 nitrogen and oxygen atoms in total. The number of carbonyl (C=O) groups is 2. The first-order chi connectivity index (χ1) is 16.6. The lowest BCUT2D eigenvalue weighted by Crippen LogP contribution is -2.54. The fourth-order valence-corrected chi connectivity index (χ4v) is 5.07. The number of amides is 1. The van der Waals surface area contributed by atoms with Gasteiger partial charge in [-0.25, -0.2) is 4.98 Å². The molecule has 0 saturated carbocycles. The minimum absolute atomic E-state index is 0.0251. The van der Waals surface area contributed by atoms with Gasteiger partial charge in [-0.3, -0.25) is 14.6 Å². The van der Waals surface area contributed by atoms with Crippen LogP contribution in [-0.4, -0.2) is 44.9 Å².